The number of pyridine rings is 1. The van der Waals surface area contributed by atoms with E-state index in [0.29, 0.717) is 11.4 Å². The Morgan fingerprint density at radius 3 is 1.13 bits per heavy atom. The number of aliphatic carboxylic acids is 6. The Balaban J connectivity index is 0.00000486. The minimum atomic E-state index is -1.32. The molecule has 0 spiro atoms. The van der Waals surface area contributed by atoms with Crippen LogP contribution >= 0.6 is 0 Å². The highest BCUT2D eigenvalue weighted by molar-refractivity contribution is 5.76. The average molecular weight is 657 g/mol. The van der Waals surface area contributed by atoms with Crippen LogP contribution in [0.4, 0.5) is 0 Å². The van der Waals surface area contributed by atoms with Gasteiger partial charge in [-0.15, -0.1) is 0 Å². The Bertz CT molecular complexity index is 1080. The summed E-state index contributed by atoms with van der Waals surface area (Å²) in [5.41, 5.74) is 0.804. The Morgan fingerprint density at radius 1 is 0.565 bits per heavy atom. The molecule has 0 saturated heterocycles. The minimum absolute atomic E-state index is 0.0491. The fourth-order valence-electron chi connectivity index (χ4n) is 4.92. The van der Waals surface area contributed by atoms with Crippen molar-refractivity contribution in [2.75, 3.05) is 26.2 Å². The summed E-state index contributed by atoms with van der Waals surface area (Å²) in [6, 6.07) is 1.08. The van der Waals surface area contributed by atoms with Crippen molar-refractivity contribution in [1.29, 1.82) is 0 Å². The molecule has 16 nitrogen and oxygen atoms in total. The summed E-state index contributed by atoms with van der Waals surface area (Å²) >= 11 is 0. The van der Waals surface area contributed by atoms with Crippen molar-refractivity contribution in [3.05, 3.63) is 29.6 Å². The molecule has 0 fully saturated rings. The van der Waals surface area contributed by atoms with Crippen LogP contribution in [0.3, 0.4) is 0 Å². The Labute approximate surface area is 268 Å². The van der Waals surface area contributed by atoms with E-state index in [2.05, 4.69) is 4.98 Å². The lowest BCUT2D eigenvalue weighted by molar-refractivity contribution is -0.148. The maximum absolute atomic E-state index is 12.2. The standard InChI is InChI=1S/C26H36N4O12.2C2H6/c31-21(32)7-4-18(24(37)38)28-10-12-29(19(25(39)40)5-8-22(33)34)14-16-2-1-3-17(27-16)15-30(13-11-28)20(26(41)42)6-9-23(35)36;2*1-2/h1-3,18-20H,4-15H2,(H,31,32)(H,33,34)(H,35,36)(H,37,38)(H,39,40)(H,41,42);2*1-2H3. The predicted octanol–water partition coefficient (Wildman–Crippen LogP) is 2.01. The van der Waals surface area contributed by atoms with Gasteiger partial charge < -0.3 is 30.6 Å². The third kappa shape index (κ3) is 15.2. The van der Waals surface area contributed by atoms with Crippen LogP contribution in [0.15, 0.2) is 18.2 Å². The van der Waals surface area contributed by atoms with Gasteiger partial charge in [0.25, 0.3) is 0 Å². The quantitative estimate of drug-likeness (QED) is 0.158. The number of carboxylic acid groups (broad SMARTS) is 6. The highest BCUT2D eigenvalue weighted by atomic mass is 16.4. The zero-order chi connectivity index (χ0) is 35.4. The van der Waals surface area contributed by atoms with Crippen LogP contribution in [-0.2, 0) is 41.9 Å². The number of rotatable bonds is 15. The number of carbonyl (C=O) groups is 6. The van der Waals surface area contributed by atoms with Crippen molar-refractivity contribution in [3.63, 3.8) is 0 Å². The molecule has 1 aromatic rings. The SMILES string of the molecule is CC.CC.O=C(O)CCC(C(=O)O)N1CCN(C(CCC(=O)O)C(=O)O)Cc2cccc(n2)CN(C(CCC(=O)O)C(=O)O)CC1. The molecule has 1 aromatic heterocycles. The van der Waals surface area contributed by atoms with Gasteiger partial charge in [0.15, 0.2) is 0 Å². The van der Waals surface area contributed by atoms with E-state index in [1.807, 2.05) is 27.7 Å². The predicted molar refractivity (Wildman–Crippen MR) is 164 cm³/mol. The first-order chi connectivity index (χ1) is 21.8. The fourth-order valence-corrected chi connectivity index (χ4v) is 4.92. The van der Waals surface area contributed by atoms with E-state index in [1.165, 1.54) is 14.7 Å². The molecule has 1 aliphatic rings. The van der Waals surface area contributed by atoms with Crippen molar-refractivity contribution in [3.8, 4) is 0 Å². The molecule has 3 unspecified atom stereocenters. The average Bonchev–Trinajstić information content (AvgIpc) is 2.98. The van der Waals surface area contributed by atoms with Gasteiger partial charge in [-0.3, -0.25) is 48.5 Å². The molecule has 2 heterocycles. The van der Waals surface area contributed by atoms with E-state index in [1.54, 1.807) is 18.2 Å². The fraction of sp³-hybridized carbons (Fsp3) is 0.633. The van der Waals surface area contributed by atoms with Crippen LogP contribution in [0, 0.1) is 0 Å². The lowest BCUT2D eigenvalue weighted by Crippen LogP contribution is -2.52. The molecule has 0 aliphatic carbocycles. The van der Waals surface area contributed by atoms with Crippen LogP contribution < -0.4 is 0 Å². The molecule has 0 saturated carbocycles. The van der Waals surface area contributed by atoms with E-state index in [0.717, 1.165) is 0 Å². The molecule has 2 bridgehead atoms. The maximum Gasteiger partial charge on any atom is 0.320 e. The van der Waals surface area contributed by atoms with E-state index in [-0.39, 0.29) is 58.5 Å². The minimum Gasteiger partial charge on any atom is -0.481 e. The second-order valence-corrected chi connectivity index (χ2v) is 9.96. The van der Waals surface area contributed by atoms with Crippen LogP contribution in [0.1, 0.15) is 77.6 Å². The third-order valence-corrected chi connectivity index (χ3v) is 7.02. The number of carboxylic acids is 6. The third-order valence-electron chi connectivity index (χ3n) is 7.02. The molecule has 3 atom stereocenters. The normalized spacial score (nSPS) is 16.3. The van der Waals surface area contributed by atoms with Crippen LogP contribution in [0.5, 0.6) is 0 Å². The van der Waals surface area contributed by atoms with E-state index in [9.17, 15) is 44.1 Å². The van der Waals surface area contributed by atoms with Crippen molar-refractivity contribution in [2.45, 2.75) is 97.4 Å². The van der Waals surface area contributed by atoms with Crippen LogP contribution in [0.25, 0.3) is 0 Å². The highest BCUT2D eigenvalue weighted by Gasteiger charge is 2.33. The van der Waals surface area contributed by atoms with Gasteiger partial charge in [-0.1, -0.05) is 33.8 Å². The number of hydrogen-bond donors (Lipinski definition) is 6. The Hall–Kier alpha value is -4.15. The zero-order valence-electron chi connectivity index (χ0n) is 26.9. The van der Waals surface area contributed by atoms with E-state index < -0.39 is 73.2 Å². The molecule has 16 heteroatoms. The lowest BCUT2D eigenvalue weighted by atomic mass is 10.1. The first kappa shape index (κ1) is 41.9. The van der Waals surface area contributed by atoms with Crippen molar-refractivity contribution < 1.29 is 59.4 Å². The van der Waals surface area contributed by atoms with Crippen molar-refractivity contribution in [2.24, 2.45) is 0 Å². The smallest absolute Gasteiger partial charge is 0.320 e. The number of fused-ring (bicyclic) bond motifs is 2. The van der Waals surface area contributed by atoms with Gasteiger partial charge in [0.1, 0.15) is 18.1 Å². The van der Waals surface area contributed by atoms with Gasteiger partial charge in [0.05, 0.1) is 11.4 Å². The summed E-state index contributed by atoms with van der Waals surface area (Å²) in [6.07, 6.45) is -2.07. The highest BCUT2D eigenvalue weighted by Crippen LogP contribution is 2.19. The molecule has 6 N–H and O–H groups in total. The van der Waals surface area contributed by atoms with Crippen molar-refractivity contribution in [1.82, 2.24) is 19.7 Å². The van der Waals surface area contributed by atoms with Crippen LogP contribution in [-0.4, -0.2) is 130 Å². The molecular weight excluding hydrogens is 608 g/mol. The maximum atomic E-state index is 12.2. The molecule has 0 aromatic carbocycles. The molecule has 0 amide bonds. The molecule has 260 valence electrons. The molecule has 1 aliphatic heterocycles. The summed E-state index contributed by atoms with van der Waals surface area (Å²) in [6.45, 7) is 7.64. The Morgan fingerprint density at radius 2 is 0.848 bits per heavy atom. The molecule has 46 heavy (non-hydrogen) atoms. The number of hydrogen-bond acceptors (Lipinski definition) is 10. The van der Waals surface area contributed by atoms with Gasteiger partial charge in [-0.25, -0.2) is 0 Å². The van der Waals surface area contributed by atoms with Crippen molar-refractivity contribution >= 4 is 35.8 Å². The summed E-state index contributed by atoms with van der Waals surface area (Å²) in [4.78, 5) is 79.1. The summed E-state index contributed by atoms with van der Waals surface area (Å²) in [5.74, 6) is -7.47. The van der Waals surface area contributed by atoms with E-state index >= 15 is 0 Å². The van der Waals surface area contributed by atoms with Crippen LogP contribution in [0.2, 0.25) is 0 Å². The monoisotopic (exact) mass is 656 g/mol. The second-order valence-electron chi connectivity index (χ2n) is 9.96. The molecule has 0 radical (unpaired) electrons. The molecular formula is C30H48N4O12. The first-order valence-corrected chi connectivity index (χ1v) is 15.3. The summed E-state index contributed by atoms with van der Waals surface area (Å²) in [5, 5.41) is 57.2. The Kier molecular flexibility index (Phi) is 20.4. The summed E-state index contributed by atoms with van der Waals surface area (Å²) < 4.78 is 0. The number of nitrogens with zero attached hydrogens (tertiary/aromatic N) is 4. The van der Waals surface area contributed by atoms with Gasteiger partial charge in [-0.2, -0.15) is 0 Å². The molecule has 2 rings (SSSR count). The van der Waals surface area contributed by atoms with E-state index in [4.69, 9.17) is 15.3 Å². The van der Waals surface area contributed by atoms with Gasteiger partial charge >= 0.3 is 35.8 Å². The van der Waals surface area contributed by atoms with Gasteiger partial charge in [-0.05, 0) is 31.4 Å². The topological polar surface area (TPSA) is 246 Å². The van der Waals surface area contributed by atoms with Gasteiger partial charge in [0, 0.05) is 58.5 Å². The first-order valence-electron chi connectivity index (χ1n) is 15.3. The summed E-state index contributed by atoms with van der Waals surface area (Å²) in [7, 11) is 0. The lowest BCUT2D eigenvalue weighted by Gasteiger charge is -2.36. The number of aromatic nitrogens is 1. The second kappa shape index (κ2) is 22.4. The van der Waals surface area contributed by atoms with Gasteiger partial charge in [0.2, 0.25) is 0 Å². The largest absolute Gasteiger partial charge is 0.481 e. The zero-order valence-corrected chi connectivity index (χ0v) is 26.9.